The monoisotopic (exact) mass is 512 g/mol. The molecule has 0 bridgehead atoms. The van der Waals surface area contributed by atoms with Crippen LogP contribution in [0.15, 0.2) is 24.3 Å². The Bertz CT molecular complexity index is 1720. The van der Waals surface area contributed by atoms with E-state index in [-0.39, 0.29) is 23.0 Å². The second-order valence-electron chi connectivity index (χ2n) is 10.0. The lowest BCUT2D eigenvalue weighted by Crippen LogP contribution is -2.41. The maximum absolute atomic E-state index is 10.4. The molecule has 0 spiro atoms. The van der Waals surface area contributed by atoms with Crippen LogP contribution in [0.4, 0.5) is 5.82 Å². The standard InChI is InChI=1S/C27H36N8O2/c1-4-22-28-19-7-5-6-8-20(19)35(22)26-31-24-23(25(32-26)34-13-15-37-16-14-34)29-21(30-24)17-33-11-9-18(10-12-33)27(2,3)36/h5-8,18,36H,4,9-17H2,1-3H3,(H,29,30,31,32)/i13D2,14D2,15D2,16D2. The summed E-state index contributed by atoms with van der Waals surface area (Å²) < 4.78 is 74.3. The van der Waals surface area contributed by atoms with Crippen molar-refractivity contribution < 1.29 is 20.8 Å². The van der Waals surface area contributed by atoms with Gasteiger partial charge in [0.25, 0.3) is 0 Å². The topological polar surface area (TPSA) is 108 Å². The lowest BCUT2D eigenvalue weighted by molar-refractivity contribution is -0.0138. The number of ether oxygens (including phenoxy) is 1. The minimum Gasteiger partial charge on any atom is -0.390 e. The average molecular weight is 513 g/mol. The molecule has 2 N–H and O–H groups in total. The molecule has 196 valence electrons. The molecule has 0 unspecified atom stereocenters. The van der Waals surface area contributed by atoms with Gasteiger partial charge in [-0.15, -0.1) is 0 Å². The summed E-state index contributed by atoms with van der Waals surface area (Å²) in [5, 5.41) is 10.4. The lowest BCUT2D eigenvalue weighted by Gasteiger charge is -2.37. The number of aliphatic hydroxyl groups is 1. The predicted octanol–water partition coefficient (Wildman–Crippen LogP) is 3.07. The minimum absolute atomic E-state index is 0.00805. The summed E-state index contributed by atoms with van der Waals surface area (Å²) in [5.41, 5.74) is 0.595. The number of hydrogen-bond acceptors (Lipinski definition) is 8. The molecule has 3 aromatic heterocycles. The Kier molecular flexibility index (Phi) is 4.36. The highest BCUT2D eigenvalue weighted by Crippen LogP contribution is 2.30. The van der Waals surface area contributed by atoms with Crippen LogP contribution in [0.2, 0.25) is 0 Å². The molecule has 0 radical (unpaired) electrons. The normalized spacial score (nSPS) is 27.0. The minimum atomic E-state index is -3.27. The van der Waals surface area contributed by atoms with E-state index in [9.17, 15) is 5.11 Å². The van der Waals surface area contributed by atoms with Crippen molar-refractivity contribution >= 4 is 28.0 Å². The fourth-order valence-electron chi connectivity index (χ4n) is 5.10. The van der Waals surface area contributed by atoms with E-state index in [2.05, 4.69) is 29.8 Å². The van der Waals surface area contributed by atoms with Crippen LogP contribution in [0.3, 0.4) is 0 Å². The SMILES string of the molecule is [2H]C1([2H])OC([2H])([2H])C([2H])([2H])N(c2nc(-n3c(CC)nc4ccccc43)nc3nc(CN4CCC(C(C)(C)O)CC4)[nH]c23)C1([2H])[2H]. The van der Waals surface area contributed by atoms with Gasteiger partial charge in [-0.1, -0.05) is 19.1 Å². The first-order valence-electron chi connectivity index (χ1n) is 16.6. The fraction of sp³-hybridized carbons (Fsp3) is 0.556. The van der Waals surface area contributed by atoms with Crippen LogP contribution in [0.25, 0.3) is 28.1 Å². The van der Waals surface area contributed by atoms with E-state index in [4.69, 9.17) is 15.7 Å². The second-order valence-corrected chi connectivity index (χ2v) is 10.0. The van der Waals surface area contributed by atoms with Crippen molar-refractivity contribution in [3.05, 3.63) is 35.9 Å². The summed E-state index contributed by atoms with van der Waals surface area (Å²) in [5.74, 6) is 0.737. The molecule has 0 atom stereocenters. The molecule has 10 heteroatoms. The molecule has 2 fully saturated rings. The number of rotatable bonds is 6. The van der Waals surface area contributed by atoms with E-state index >= 15 is 0 Å². The maximum atomic E-state index is 10.4. The summed E-state index contributed by atoms with van der Waals surface area (Å²) in [7, 11) is 0. The van der Waals surface area contributed by atoms with E-state index in [1.54, 1.807) is 4.57 Å². The van der Waals surface area contributed by atoms with Crippen molar-refractivity contribution in [2.75, 3.05) is 44.1 Å². The first-order chi connectivity index (χ1) is 20.9. The van der Waals surface area contributed by atoms with E-state index < -0.39 is 37.5 Å². The molecule has 2 saturated heterocycles. The number of morpholine rings is 1. The Balaban J connectivity index is 1.53. The average Bonchev–Trinajstić information content (AvgIpc) is 3.52. The zero-order valence-corrected chi connectivity index (χ0v) is 21.1. The van der Waals surface area contributed by atoms with E-state index in [1.165, 1.54) is 0 Å². The molecule has 2 aliphatic heterocycles. The van der Waals surface area contributed by atoms with Crippen molar-refractivity contribution in [1.29, 1.82) is 0 Å². The van der Waals surface area contributed by atoms with Gasteiger partial charge in [0.15, 0.2) is 11.5 Å². The third-order valence-corrected chi connectivity index (χ3v) is 7.10. The third-order valence-electron chi connectivity index (χ3n) is 7.10. The summed E-state index contributed by atoms with van der Waals surface area (Å²) in [6.45, 7) is -5.73. The summed E-state index contributed by atoms with van der Waals surface area (Å²) in [4.78, 5) is 24.3. The number of piperidine rings is 1. The van der Waals surface area contributed by atoms with Crippen LogP contribution in [-0.4, -0.2) is 84.3 Å². The van der Waals surface area contributed by atoms with Crippen LogP contribution >= 0.6 is 0 Å². The van der Waals surface area contributed by atoms with Crippen LogP contribution in [0.1, 0.15) is 56.2 Å². The molecule has 1 aromatic carbocycles. The van der Waals surface area contributed by atoms with Crippen molar-refractivity contribution in [3.63, 3.8) is 0 Å². The van der Waals surface area contributed by atoms with Crippen molar-refractivity contribution in [1.82, 2.24) is 34.4 Å². The second kappa shape index (κ2) is 9.66. The number of aryl methyl sites for hydroxylation is 1. The zero-order chi connectivity index (χ0) is 32.7. The smallest absolute Gasteiger partial charge is 0.239 e. The Labute approximate surface area is 227 Å². The number of aromatic nitrogens is 6. The van der Waals surface area contributed by atoms with Crippen LogP contribution in [0.5, 0.6) is 0 Å². The van der Waals surface area contributed by atoms with Gasteiger partial charge in [0.1, 0.15) is 17.2 Å². The molecule has 5 heterocycles. The van der Waals surface area contributed by atoms with E-state index in [1.807, 2.05) is 45.0 Å². The molecule has 0 aliphatic carbocycles. The lowest BCUT2D eigenvalue weighted by atomic mass is 9.83. The number of aromatic amines is 1. The maximum Gasteiger partial charge on any atom is 0.239 e. The van der Waals surface area contributed by atoms with Crippen molar-refractivity contribution in [2.24, 2.45) is 5.92 Å². The van der Waals surface area contributed by atoms with Gasteiger partial charge in [-0.25, -0.2) is 9.97 Å². The molecule has 4 aromatic rings. The number of anilines is 1. The number of para-hydroxylation sites is 2. The molecular formula is C27H36N8O2. The third kappa shape index (κ3) is 4.69. The molecule has 2 aliphatic rings. The predicted molar refractivity (Wildman–Crippen MR) is 143 cm³/mol. The molecule has 0 amide bonds. The molecule has 10 nitrogen and oxygen atoms in total. The number of nitrogens with one attached hydrogen (secondary N) is 1. The highest BCUT2D eigenvalue weighted by atomic mass is 16.5. The van der Waals surface area contributed by atoms with E-state index in [0.29, 0.717) is 53.6 Å². The molecule has 0 saturated carbocycles. The zero-order valence-electron chi connectivity index (χ0n) is 29.1. The van der Waals surface area contributed by atoms with Gasteiger partial charge in [-0.3, -0.25) is 9.47 Å². The van der Waals surface area contributed by atoms with Gasteiger partial charge in [-0.05, 0) is 57.8 Å². The number of hydrogen-bond donors (Lipinski definition) is 2. The van der Waals surface area contributed by atoms with Crippen LogP contribution in [-0.2, 0) is 17.7 Å². The molecule has 37 heavy (non-hydrogen) atoms. The van der Waals surface area contributed by atoms with Crippen LogP contribution < -0.4 is 4.90 Å². The van der Waals surface area contributed by atoms with Gasteiger partial charge in [0.2, 0.25) is 5.95 Å². The highest BCUT2D eigenvalue weighted by Gasteiger charge is 2.31. The van der Waals surface area contributed by atoms with Crippen LogP contribution in [0, 0.1) is 5.92 Å². The van der Waals surface area contributed by atoms with E-state index in [0.717, 1.165) is 12.8 Å². The number of imidazole rings is 2. The Morgan fingerprint density at radius 2 is 1.86 bits per heavy atom. The quantitative estimate of drug-likeness (QED) is 0.406. The number of likely N-dealkylation sites (tertiary alicyclic amines) is 1. The van der Waals surface area contributed by atoms with Gasteiger partial charge >= 0.3 is 0 Å². The van der Waals surface area contributed by atoms with Gasteiger partial charge in [-0.2, -0.15) is 9.97 Å². The first kappa shape index (κ1) is 16.7. The largest absolute Gasteiger partial charge is 0.390 e. The number of benzene rings is 1. The first-order valence-corrected chi connectivity index (χ1v) is 12.6. The molecule has 6 rings (SSSR count). The summed E-state index contributed by atoms with van der Waals surface area (Å²) in [6, 6.07) is 7.28. The Morgan fingerprint density at radius 1 is 1.11 bits per heavy atom. The number of H-pyrrole nitrogens is 1. The van der Waals surface area contributed by atoms with Gasteiger partial charge in [0.05, 0.1) is 47.3 Å². The summed E-state index contributed by atoms with van der Waals surface area (Å²) >= 11 is 0. The summed E-state index contributed by atoms with van der Waals surface area (Å²) in [6.07, 6.45) is 2.04. The molecular weight excluding hydrogens is 468 g/mol. The van der Waals surface area contributed by atoms with Gasteiger partial charge < -0.3 is 19.7 Å². The fourth-order valence-corrected chi connectivity index (χ4v) is 5.10. The Morgan fingerprint density at radius 3 is 2.59 bits per heavy atom. The van der Waals surface area contributed by atoms with Crippen molar-refractivity contribution in [2.45, 2.75) is 52.2 Å². The van der Waals surface area contributed by atoms with Gasteiger partial charge in [0, 0.05) is 19.4 Å². The van der Waals surface area contributed by atoms with Crippen molar-refractivity contribution in [3.8, 4) is 5.95 Å². The highest BCUT2D eigenvalue weighted by molar-refractivity contribution is 5.85. The number of nitrogens with zero attached hydrogens (tertiary/aromatic N) is 7. The number of fused-ring (bicyclic) bond motifs is 2. The Hall–Kier alpha value is -3.08.